The van der Waals surface area contributed by atoms with Crippen LogP contribution in [-0.4, -0.2) is 19.6 Å². The van der Waals surface area contributed by atoms with Gasteiger partial charge in [0.05, 0.1) is 19.4 Å². The third-order valence-electron chi connectivity index (χ3n) is 3.61. The van der Waals surface area contributed by atoms with Gasteiger partial charge in [-0.1, -0.05) is 30.3 Å². The molecule has 0 spiro atoms. The van der Waals surface area contributed by atoms with Crippen molar-refractivity contribution in [2.45, 2.75) is 12.3 Å². The largest absolute Gasteiger partial charge is 0.495 e. The minimum atomic E-state index is -0.0372. The molecule has 2 aromatic carbocycles. The van der Waals surface area contributed by atoms with Crippen molar-refractivity contribution in [3.63, 3.8) is 0 Å². The molecule has 0 saturated carbocycles. The SMILES string of the molecule is COc1ccccc1NC(=O)CC1COc2ccccc21. The number of benzene rings is 2. The lowest BCUT2D eigenvalue weighted by molar-refractivity contribution is -0.116. The third-order valence-corrected chi connectivity index (χ3v) is 3.61. The maximum Gasteiger partial charge on any atom is 0.225 e. The van der Waals surface area contributed by atoms with Crippen LogP contribution in [-0.2, 0) is 4.79 Å². The molecule has 0 aliphatic carbocycles. The number of hydrogen-bond acceptors (Lipinski definition) is 3. The van der Waals surface area contributed by atoms with Gasteiger partial charge < -0.3 is 14.8 Å². The minimum Gasteiger partial charge on any atom is -0.495 e. The smallest absolute Gasteiger partial charge is 0.225 e. The third kappa shape index (κ3) is 2.84. The Labute approximate surface area is 123 Å². The fraction of sp³-hybridized carbons (Fsp3) is 0.235. The molecule has 1 N–H and O–H groups in total. The predicted octanol–water partition coefficient (Wildman–Crippen LogP) is 3.20. The van der Waals surface area contributed by atoms with Gasteiger partial charge in [0.25, 0.3) is 0 Å². The summed E-state index contributed by atoms with van der Waals surface area (Å²) in [6.07, 6.45) is 0.398. The van der Waals surface area contributed by atoms with E-state index in [1.54, 1.807) is 7.11 Å². The monoisotopic (exact) mass is 283 g/mol. The number of carbonyl (C=O) groups is 1. The van der Waals surface area contributed by atoms with Gasteiger partial charge in [-0.25, -0.2) is 0 Å². The summed E-state index contributed by atoms with van der Waals surface area (Å²) in [6, 6.07) is 15.3. The van der Waals surface area contributed by atoms with Crippen LogP contribution in [0.3, 0.4) is 0 Å². The van der Waals surface area contributed by atoms with Crippen molar-refractivity contribution in [1.29, 1.82) is 0 Å². The molecular formula is C17H17NO3. The quantitative estimate of drug-likeness (QED) is 0.937. The summed E-state index contributed by atoms with van der Waals surface area (Å²) in [7, 11) is 1.59. The fourth-order valence-electron chi connectivity index (χ4n) is 2.57. The van der Waals surface area contributed by atoms with Gasteiger partial charge in [-0.05, 0) is 18.2 Å². The molecule has 1 unspecified atom stereocenters. The average molecular weight is 283 g/mol. The van der Waals surface area contributed by atoms with Crippen LogP contribution in [0.2, 0.25) is 0 Å². The number of rotatable bonds is 4. The molecule has 3 rings (SSSR count). The van der Waals surface area contributed by atoms with Crippen LogP contribution in [0.1, 0.15) is 17.9 Å². The van der Waals surface area contributed by atoms with E-state index in [2.05, 4.69) is 5.32 Å². The Bertz CT molecular complexity index is 654. The number of fused-ring (bicyclic) bond motifs is 1. The van der Waals surface area contributed by atoms with Gasteiger partial charge in [0.2, 0.25) is 5.91 Å². The van der Waals surface area contributed by atoms with Gasteiger partial charge in [0, 0.05) is 17.9 Å². The van der Waals surface area contributed by atoms with Gasteiger partial charge in [-0.3, -0.25) is 4.79 Å². The molecule has 1 heterocycles. The van der Waals surface area contributed by atoms with Crippen LogP contribution in [0.25, 0.3) is 0 Å². The average Bonchev–Trinajstić information content (AvgIpc) is 2.91. The van der Waals surface area contributed by atoms with E-state index in [4.69, 9.17) is 9.47 Å². The Kier molecular flexibility index (Phi) is 3.77. The van der Waals surface area contributed by atoms with Crippen molar-refractivity contribution in [3.8, 4) is 11.5 Å². The van der Waals surface area contributed by atoms with Crippen LogP contribution in [0, 0.1) is 0 Å². The van der Waals surface area contributed by atoms with Crippen molar-refractivity contribution in [1.82, 2.24) is 0 Å². The summed E-state index contributed by atoms with van der Waals surface area (Å²) in [5.41, 5.74) is 1.80. The Morgan fingerprint density at radius 3 is 2.86 bits per heavy atom. The van der Waals surface area contributed by atoms with Crippen LogP contribution < -0.4 is 14.8 Å². The van der Waals surface area contributed by atoms with Crippen LogP contribution in [0.4, 0.5) is 5.69 Å². The second kappa shape index (κ2) is 5.87. The Morgan fingerprint density at radius 2 is 2.00 bits per heavy atom. The van der Waals surface area contributed by atoms with Gasteiger partial charge in [0.1, 0.15) is 11.5 Å². The number of methoxy groups -OCH3 is 1. The first kappa shape index (κ1) is 13.5. The fourth-order valence-corrected chi connectivity index (χ4v) is 2.57. The van der Waals surface area contributed by atoms with Gasteiger partial charge >= 0.3 is 0 Å². The Hall–Kier alpha value is -2.49. The highest BCUT2D eigenvalue weighted by atomic mass is 16.5. The van der Waals surface area contributed by atoms with Gasteiger partial charge in [-0.15, -0.1) is 0 Å². The van der Waals surface area contributed by atoms with Crippen molar-refractivity contribution >= 4 is 11.6 Å². The zero-order valence-corrected chi connectivity index (χ0v) is 11.8. The van der Waals surface area contributed by atoms with E-state index in [0.717, 1.165) is 11.3 Å². The standard InChI is InChI=1S/C17H17NO3/c1-20-16-9-5-3-7-14(16)18-17(19)10-12-11-21-15-8-4-2-6-13(12)15/h2-9,12H,10-11H2,1H3,(H,18,19). The molecule has 1 aliphatic heterocycles. The van der Waals surface area contributed by atoms with Crippen molar-refractivity contribution in [2.24, 2.45) is 0 Å². The summed E-state index contributed by atoms with van der Waals surface area (Å²) < 4.78 is 10.8. The number of anilines is 1. The summed E-state index contributed by atoms with van der Waals surface area (Å²) in [6.45, 7) is 0.554. The van der Waals surface area contributed by atoms with E-state index < -0.39 is 0 Å². The topological polar surface area (TPSA) is 47.6 Å². The molecule has 1 amide bonds. The molecule has 0 aromatic heterocycles. The summed E-state index contributed by atoms with van der Waals surface area (Å²) in [5, 5.41) is 2.90. The zero-order chi connectivity index (χ0) is 14.7. The van der Waals surface area contributed by atoms with Crippen LogP contribution in [0.5, 0.6) is 11.5 Å². The first-order valence-electron chi connectivity index (χ1n) is 6.92. The molecule has 1 atom stereocenters. The number of hydrogen-bond donors (Lipinski definition) is 1. The van der Waals surface area contributed by atoms with E-state index in [1.807, 2.05) is 48.5 Å². The highest BCUT2D eigenvalue weighted by molar-refractivity contribution is 5.92. The van der Waals surface area contributed by atoms with Gasteiger partial charge in [-0.2, -0.15) is 0 Å². The second-order valence-electron chi connectivity index (χ2n) is 5.00. The van der Waals surface area contributed by atoms with E-state index in [1.165, 1.54) is 0 Å². The normalized spacial score (nSPS) is 16.0. The first-order chi connectivity index (χ1) is 10.3. The molecular weight excluding hydrogens is 266 g/mol. The lowest BCUT2D eigenvalue weighted by atomic mass is 9.97. The molecule has 0 saturated heterocycles. The minimum absolute atomic E-state index is 0.0372. The molecule has 0 fully saturated rings. The number of carbonyl (C=O) groups excluding carboxylic acids is 1. The number of amides is 1. The maximum atomic E-state index is 12.2. The number of nitrogens with one attached hydrogen (secondary N) is 1. The molecule has 4 nitrogen and oxygen atoms in total. The highest BCUT2D eigenvalue weighted by Crippen LogP contribution is 2.35. The highest BCUT2D eigenvalue weighted by Gasteiger charge is 2.26. The van der Waals surface area contributed by atoms with E-state index in [0.29, 0.717) is 24.5 Å². The molecule has 21 heavy (non-hydrogen) atoms. The van der Waals surface area contributed by atoms with Crippen molar-refractivity contribution in [3.05, 3.63) is 54.1 Å². The summed E-state index contributed by atoms with van der Waals surface area (Å²) >= 11 is 0. The van der Waals surface area contributed by atoms with Crippen LogP contribution in [0.15, 0.2) is 48.5 Å². The Morgan fingerprint density at radius 1 is 1.24 bits per heavy atom. The van der Waals surface area contributed by atoms with Crippen molar-refractivity contribution < 1.29 is 14.3 Å². The van der Waals surface area contributed by atoms with Crippen LogP contribution >= 0.6 is 0 Å². The predicted molar refractivity (Wildman–Crippen MR) is 80.9 cm³/mol. The summed E-state index contributed by atoms with van der Waals surface area (Å²) in [4.78, 5) is 12.2. The molecule has 1 aliphatic rings. The summed E-state index contributed by atoms with van der Waals surface area (Å²) in [5.74, 6) is 1.61. The van der Waals surface area contributed by atoms with E-state index >= 15 is 0 Å². The molecule has 4 heteroatoms. The van der Waals surface area contributed by atoms with Crippen molar-refractivity contribution in [2.75, 3.05) is 19.0 Å². The first-order valence-corrected chi connectivity index (χ1v) is 6.92. The lowest BCUT2D eigenvalue weighted by Gasteiger charge is -2.12. The zero-order valence-electron chi connectivity index (χ0n) is 11.8. The van der Waals surface area contributed by atoms with E-state index in [-0.39, 0.29) is 11.8 Å². The molecule has 2 aromatic rings. The maximum absolute atomic E-state index is 12.2. The molecule has 0 bridgehead atoms. The number of para-hydroxylation sites is 3. The van der Waals surface area contributed by atoms with Gasteiger partial charge in [0.15, 0.2) is 0 Å². The van der Waals surface area contributed by atoms with E-state index in [9.17, 15) is 4.79 Å². The lowest BCUT2D eigenvalue weighted by Crippen LogP contribution is -2.16. The molecule has 108 valence electrons. The Balaban J connectivity index is 1.68. The second-order valence-corrected chi connectivity index (χ2v) is 5.00. The molecule has 0 radical (unpaired) electrons. The number of ether oxygens (including phenoxy) is 2.